The second-order valence-corrected chi connectivity index (χ2v) is 5.69. The predicted octanol–water partition coefficient (Wildman–Crippen LogP) is 3.21. The lowest BCUT2D eigenvalue weighted by Gasteiger charge is -2.27. The number of amides is 1. The molecule has 0 saturated heterocycles. The summed E-state index contributed by atoms with van der Waals surface area (Å²) in [6.07, 6.45) is 3.04. The largest absolute Gasteiger partial charge is 0.481 e. The van der Waals surface area contributed by atoms with Gasteiger partial charge in [0.1, 0.15) is 0 Å². The molecule has 0 aromatic rings. The van der Waals surface area contributed by atoms with Crippen LogP contribution in [0.4, 0.5) is 0 Å². The molecule has 0 aromatic carbocycles. The molecule has 1 amide bonds. The van der Waals surface area contributed by atoms with Gasteiger partial charge in [0.25, 0.3) is 0 Å². The Labute approximate surface area is 117 Å². The summed E-state index contributed by atoms with van der Waals surface area (Å²) >= 11 is 0. The smallest absolute Gasteiger partial charge is 0.310 e. The highest BCUT2D eigenvalue weighted by Crippen LogP contribution is 2.31. The lowest BCUT2D eigenvalue weighted by Crippen LogP contribution is -2.40. The van der Waals surface area contributed by atoms with Crippen molar-refractivity contribution in [1.82, 2.24) is 5.32 Å². The molecule has 0 heterocycles. The maximum Gasteiger partial charge on any atom is 0.310 e. The molecule has 0 rings (SSSR count). The Morgan fingerprint density at radius 3 is 2.05 bits per heavy atom. The monoisotopic (exact) mass is 271 g/mol. The SMILES string of the molecule is CCC(C)CC(C)NC(=O)CC(CC)(CC)C(=O)O. The number of nitrogens with one attached hydrogen (secondary N) is 1. The van der Waals surface area contributed by atoms with E-state index in [-0.39, 0.29) is 18.4 Å². The molecule has 2 atom stereocenters. The molecule has 0 saturated carbocycles. The van der Waals surface area contributed by atoms with Crippen LogP contribution in [0.2, 0.25) is 0 Å². The van der Waals surface area contributed by atoms with Crippen LogP contribution in [0.5, 0.6) is 0 Å². The van der Waals surface area contributed by atoms with Crippen molar-refractivity contribution in [3.05, 3.63) is 0 Å². The zero-order valence-electron chi connectivity index (χ0n) is 13.0. The minimum atomic E-state index is -0.916. The van der Waals surface area contributed by atoms with E-state index in [1.165, 1.54) is 0 Å². The zero-order valence-corrected chi connectivity index (χ0v) is 13.0. The van der Waals surface area contributed by atoms with Crippen LogP contribution in [-0.2, 0) is 9.59 Å². The molecule has 4 nitrogen and oxygen atoms in total. The molecule has 112 valence electrons. The lowest BCUT2D eigenvalue weighted by atomic mass is 9.79. The van der Waals surface area contributed by atoms with Crippen molar-refractivity contribution in [3.63, 3.8) is 0 Å². The fourth-order valence-corrected chi connectivity index (χ4v) is 2.34. The number of aliphatic carboxylic acids is 1. The predicted molar refractivity (Wildman–Crippen MR) is 76.9 cm³/mol. The molecule has 0 bridgehead atoms. The summed E-state index contributed by atoms with van der Waals surface area (Å²) in [7, 11) is 0. The summed E-state index contributed by atoms with van der Waals surface area (Å²) in [4.78, 5) is 23.3. The van der Waals surface area contributed by atoms with E-state index in [0.29, 0.717) is 18.8 Å². The summed E-state index contributed by atoms with van der Waals surface area (Å²) in [5.74, 6) is -0.457. The van der Waals surface area contributed by atoms with E-state index in [0.717, 1.165) is 12.8 Å². The number of carboxylic acid groups (broad SMARTS) is 1. The maximum atomic E-state index is 12.0. The van der Waals surface area contributed by atoms with E-state index in [9.17, 15) is 14.7 Å². The maximum absolute atomic E-state index is 12.0. The van der Waals surface area contributed by atoms with Crippen molar-refractivity contribution in [1.29, 1.82) is 0 Å². The van der Waals surface area contributed by atoms with E-state index in [1.807, 2.05) is 20.8 Å². The third-order valence-electron chi connectivity index (χ3n) is 4.17. The summed E-state index contributed by atoms with van der Waals surface area (Å²) in [6.45, 7) is 9.91. The van der Waals surface area contributed by atoms with E-state index < -0.39 is 11.4 Å². The first-order chi connectivity index (χ1) is 8.81. The molecule has 0 aliphatic rings. The Bertz CT molecular complexity index is 298. The molecule has 0 radical (unpaired) electrons. The molecule has 0 aromatic heterocycles. The van der Waals surface area contributed by atoms with Crippen molar-refractivity contribution in [2.24, 2.45) is 11.3 Å². The average molecular weight is 271 g/mol. The van der Waals surface area contributed by atoms with Crippen molar-refractivity contribution in [2.75, 3.05) is 0 Å². The Balaban J connectivity index is 4.47. The Morgan fingerprint density at radius 1 is 1.16 bits per heavy atom. The molecule has 4 heteroatoms. The lowest BCUT2D eigenvalue weighted by molar-refractivity contribution is -0.152. The van der Waals surface area contributed by atoms with Crippen LogP contribution in [0.25, 0.3) is 0 Å². The van der Waals surface area contributed by atoms with Crippen molar-refractivity contribution < 1.29 is 14.7 Å². The molecule has 2 unspecified atom stereocenters. The van der Waals surface area contributed by atoms with E-state index in [2.05, 4.69) is 19.2 Å². The summed E-state index contributed by atoms with van der Waals surface area (Å²) in [6, 6.07) is 0.0997. The van der Waals surface area contributed by atoms with Gasteiger partial charge in [-0.25, -0.2) is 0 Å². The third kappa shape index (κ3) is 5.62. The van der Waals surface area contributed by atoms with E-state index in [4.69, 9.17) is 0 Å². The minimum Gasteiger partial charge on any atom is -0.481 e. The van der Waals surface area contributed by atoms with Crippen LogP contribution in [0.15, 0.2) is 0 Å². The van der Waals surface area contributed by atoms with Crippen LogP contribution >= 0.6 is 0 Å². The molecule has 19 heavy (non-hydrogen) atoms. The number of carboxylic acids is 1. The molecule has 2 N–H and O–H groups in total. The van der Waals surface area contributed by atoms with Crippen molar-refractivity contribution in [2.45, 2.75) is 72.8 Å². The van der Waals surface area contributed by atoms with Gasteiger partial charge in [0.05, 0.1) is 5.41 Å². The fraction of sp³-hybridized carbons (Fsp3) is 0.867. The van der Waals surface area contributed by atoms with Crippen LogP contribution < -0.4 is 5.32 Å². The highest BCUT2D eigenvalue weighted by Gasteiger charge is 2.37. The molecular formula is C15H29NO3. The van der Waals surface area contributed by atoms with Gasteiger partial charge in [0.2, 0.25) is 5.91 Å². The summed E-state index contributed by atoms with van der Waals surface area (Å²) < 4.78 is 0. The second kappa shape index (κ2) is 8.18. The standard InChI is InChI=1S/C15H29NO3/c1-6-11(4)9-12(5)16-13(17)10-15(7-2,8-3)14(18)19/h11-12H,6-10H2,1-5H3,(H,16,17)(H,18,19). The van der Waals surface area contributed by atoms with Crippen LogP contribution in [0.1, 0.15) is 66.7 Å². The second-order valence-electron chi connectivity index (χ2n) is 5.69. The van der Waals surface area contributed by atoms with Crippen molar-refractivity contribution >= 4 is 11.9 Å². The molecular weight excluding hydrogens is 242 g/mol. The number of carbonyl (C=O) groups is 2. The van der Waals surface area contributed by atoms with Gasteiger partial charge in [0.15, 0.2) is 0 Å². The Kier molecular flexibility index (Phi) is 7.72. The first kappa shape index (κ1) is 17.9. The first-order valence-corrected chi connectivity index (χ1v) is 7.34. The van der Waals surface area contributed by atoms with Crippen LogP contribution in [0, 0.1) is 11.3 Å². The highest BCUT2D eigenvalue weighted by molar-refractivity contribution is 5.85. The third-order valence-corrected chi connectivity index (χ3v) is 4.17. The normalized spacial score (nSPS) is 14.8. The van der Waals surface area contributed by atoms with E-state index >= 15 is 0 Å². The Morgan fingerprint density at radius 2 is 1.68 bits per heavy atom. The molecule has 0 aliphatic carbocycles. The average Bonchev–Trinajstić information content (AvgIpc) is 2.35. The number of rotatable bonds is 9. The minimum absolute atomic E-state index is 0.0696. The van der Waals surface area contributed by atoms with Gasteiger partial charge in [-0.2, -0.15) is 0 Å². The molecule has 0 spiro atoms. The zero-order chi connectivity index (χ0) is 15.1. The van der Waals surface area contributed by atoms with E-state index in [1.54, 1.807) is 0 Å². The summed E-state index contributed by atoms with van der Waals surface area (Å²) in [5.41, 5.74) is -0.916. The van der Waals surface area contributed by atoms with Gasteiger partial charge in [-0.05, 0) is 32.1 Å². The van der Waals surface area contributed by atoms with Gasteiger partial charge < -0.3 is 10.4 Å². The topological polar surface area (TPSA) is 66.4 Å². The quantitative estimate of drug-likeness (QED) is 0.676. The van der Waals surface area contributed by atoms with Crippen LogP contribution in [0.3, 0.4) is 0 Å². The highest BCUT2D eigenvalue weighted by atomic mass is 16.4. The summed E-state index contributed by atoms with van der Waals surface area (Å²) in [5, 5.41) is 12.2. The molecule has 0 aliphatic heterocycles. The molecule has 0 fully saturated rings. The number of hydrogen-bond donors (Lipinski definition) is 2. The van der Waals surface area contributed by atoms with Gasteiger partial charge in [-0.3, -0.25) is 9.59 Å². The Hall–Kier alpha value is -1.06. The number of carbonyl (C=O) groups excluding carboxylic acids is 1. The number of hydrogen-bond acceptors (Lipinski definition) is 2. The van der Waals surface area contributed by atoms with Gasteiger partial charge in [-0.1, -0.05) is 34.1 Å². The van der Waals surface area contributed by atoms with Gasteiger partial charge in [-0.15, -0.1) is 0 Å². The fourth-order valence-electron chi connectivity index (χ4n) is 2.34. The van der Waals surface area contributed by atoms with Crippen LogP contribution in [-0.4, -0.2) is 23.0 Å². The van der Waals surface area contributed by atoms with Gasteiger partial charge >= 0.3 is 5.97 Å². The van der Waals surface area contributed by atoms with Gasteiger partial charge in [0, 0.05) is 12.5 Å². The van der Waals surface area contributed by atoms with Crippen molar-refractivity contribution in [3.8, 4) is 0 Å². The first-order valence-electron chi connectivity index (χ1n) is 7.34.